The molecule has 0 saturated carbocycles. The summed E-state index contributed by atoms with van der Waals surface area (Å²) in [4.78, 5) is 25.6. The number of furan rings is 1. The number of carbonyl (C=O) groups excluding carboxylic acids is 2. The molecular formula is C25H25FN2O5S. The monoisotopic (exact) mass is 484 g/mol. The molecule has 0 fully saturated rings. The second-order valence-corrected chi connectivity index (χ2v) is 8.10. The summed E-state index contributed by atoms with van der Waals surface area (Å²) in [6.07, 6.45) is 2.91. The van der Waals surface area contributed by atoms with Gasteiger partial charge in [-0.05, 0) is 42.0 Å². The van der Waals surface area contributed by atoms with E-state index in [0.717, 1.165) is 0 Å². The van der Waals surface area contributed by atoms with Gasteiger partial charge in [-0.15, -0.1) is 0 Å². The van der Waals surface area contributed by atoms with Crippen LogP contribution in [0, 0.1) is 5.82 Å². The molecule has 0 bridgehead atoms. The van der Waals surface area contributed by atoms with Gasteiger partial charge in [0.05, 0.1) is 20.5 Å². The van der Waals surface area contributed by atoms with E-state index in [1.165, 1.54) is 50.5 Å². The van der Waals surface area contributed by atoms with Crippen molar-refractivity contribution in [3.05, 3.63) is 89.3 Å². The fourth-order valence-corrected chi connectivity index (χ4v) is 3.82. The lowest BCUT2D eigenvalue weighted by Crippen LogP contribution is -2.35. The zero-order valence-electron chi connectivity index (χ0n) is 18.8. The summed E-state index contributed by atoms with van der Waals surface area (Å²) >= 11 is 1.49. The number of ether oxygens (including phenoxy) is 2. The Hall–Kier alpha value is -3.72. The standard InChI is InChI=1S/C25H25FN2O5S/c1-31-22-10-9-17(14-23(22)32-2)24(29)28-21(15-19-7-5-12-33-19)25(30)27-11-13-34-16-18-6-3-4-8-20(18)26/h3-10,12,14-15H,11,13,16H2,1-2H3,(H,27,30)(H,28,29)/b21-15-. The molecule has 178 valence electrons. The minimum absolute atomic E-state index is 0.0221. The highest BCUT2D eigenvalue weighted by molar-refractivity contribution is 7.98. The highest BCUT2D eigenvalue weighted by Crippen LogP contribution is 2.27. The van der Waals surface area contributed by atoms with E-state index < -0.39 is 11.8 Å². The van der Waals surface area contributed by atoms with Gasteiger partial charge in [0.15, 0.2) is 11.5 Å². The van der Waals surface area contributed by atoms with E-state index in [-0.39, 0.29) is 17.1 Å². The smallest absolute Gasteiger partial charge is 0.267 e. The first-order valence-corrected chi connectivity index (χ1v) is 11.5. The first-order valence-electron chi connectivity index (χ1n) is 10.4. The molecule has 0 saturated heterocycles. The van der Waals surface area contributed by atoms with Gasteiger partial charge in [0.25, 0.3) is 11.8 Å². The normalized spacial score (nSPS) is 11.1. The summed E-state index contributed by atoms with van der Waals surface area (Å²) in [5.74, 6) is 1.12. The molecule has 7 nitrogen and oxygen atoms in total. The predicted octanol–water partition coefficient (Wildman–Crippen LogP) is 4.26. The van der Waals surface area contributed by atoms with Crippen molar-refractivity contribution < 1.29 is 27.9 Å². The zero-order chi connectivity index (χ0) is 24.3. The maximum atomic E-state index is 13.7. The first-order chi connectivity index (χ1) is 16.5. The summed E-state index contributed by atoms with van der Waals surface area (Å²) < 4.78 is 29.4. The topological polar surface area (TPSA) is 89.8 Å². The van der Waals surface area contributed by atoms with E-state index in [9.17, 15) is 14.0 Å². The third kappa shape index (κ3) is 6.89. The third-order valence-corrected chi connectivity index (χ3v) is 5.72. The van der Waals surface area contributed by atoms with Crippen molar-refractivity contribution in [2.75, 3.05) is 26.5 Å². The lowest BCUT2D eigenvalue weighted by Gasteiger charge is -2.12. The van der Waals surface area contributed by atoms with Crippen molar-refractivity contribution >= 4 is 29.7 Å². The molecule has 1 aromatic heterocycles. The average molecular weight is 485 g/mol. The third-order valence-electron chi connectivity index (χ3n) is 4.72. The Bertz CT molecular complexity index is 1150. The number of nitrogens with one attached hydrogen (secondary N) is 2. The molecule has 0 atom stereocenters. The van der Waals surface area contributed by atoms with E-state index in [2.05, 4.69) is 10.6 Å². The van der Waals surface area contributed by atoms with E-state index in [1.54, 1.807) is 42.5 Å². The van der Waals surface area contributed by atoms with Crippen LogP contribution in [0.1, 0.15) is 21.7 Å². The van der Waals surface area contributed by atoms with Crippen LogP contribution in [0.25, 0.3) is 6.08 Å². The quantitative estimate of drug-likeness (QED) is 0.312. The minimum atomic E-state index is -0.497. The molecule has 9 heteroatoms. The fraction of sp³-hybridized carbons (Fsp3) is 0.200. The van der Waals surface area contributed by atoms with E-state index in [1.807, 2.05) is 0 Å². The fourth-order valence-electron chi connectivity index (χ4n) is 2.98. The lowest BCUT2D eigenvalue weighted by molar-refractivity contribution is -0.117. The number of methoxy groups -OCH3 is 2. The summed E-state index contributed by atoms with van der Waals surface area (Å²) in [7, 11) is 2.97. The average Bonchev–Trinajstić information content (AvgIpc) is 3.37. The van der Waals surface area contributed by atoms with Crippen LogP contribution in [0.3, 0.4) is 0 Å². The van der Waals surface area contributed by atoms with Crippen molar-refractivity contribution in [3.63, 3.8) is 0 Å². The predicted molar refractivity (Wildman–Crippen MR) is 129 cm³/mol. The summed E-state index contributed by atoms with van der Waals surface area (Å²) in [5, 5.41) is 5.40. The number of amides is 2. The van der Waals surface area contributed by atoms with Gasteiger partial charge >= 0.3 is 0 Å². The second-order valence-electron chi connectivity index (χ2n) is 7.00. The molecule has 3 rings (SSSR count). The zero-order valence-corrected chi connectivity index (χ0v) is 19.6. The van der Waals surface area contributed by atoms with Gasteiger partial charge in [-0.3, -0.25) is 9.59 Å². The molecule has 0 radical (unpaired) electrons. The molecule has 2 amide bonds. The van der Waals surface area contributed by atoms with Crippen molar-refractivity contribution in [1.82, 2.24) is 10.6 Å². The number of thioether (sulfide) groups is 1. The molecule has 0 aliphatic rings. The van der Waals surface area contributed by atoms with Gasteiger partial charge in [-0.2, -0.15) is 11.8 Å². The van der Waals surface area contributed by atoms with Crippen LogP contribution in [-0.4, -0.2) is 38.3 Å². The van der Waals surface area contributed by atoms with Crippen molar-refractivity contribution in [2.24, 2.45) is 0 Å². The van der Waals surface area contributed by atoms with E-state index >= 15 is 0 Å². The Morgan fingerprint density at radius 2 is 1.85 bits per heavy atom. The van der Waals surface area contributed by atoms with Crippen LogP contribution < -0.4 is 20.1 Å². The van der Waals surface area contributed by atoms with Gasteiger partial charge < -0.3 is 24.5 Å². The van der Waals surface area contributed by atoms with Crippen molar-refractivity contribution in [3.8, 4) is 11.5 Å². The summed E-state index contributed by atoms with van der Waals surface area (Å²) in [6, 6.07) is 14.6. The SMILES string of the molecule is COc1ccc(C(=O)N/C(=C\c2ccco2)C(=O)NCCSCc2ccccc2F)cc1OC. The lowest BCUT2D eigenvalue weighted by atomic mass is 10.1. The molecule has 3 aromatic rings. The van der Waals surface area contributed by atoms with Crippen LogP contribution in [-0.2, 0) is 10.5 Å². The Balaban J connectivity index is 1.62. The molecule has 0 unspecified atom stereocenters. The Morgan fingerprint density at radius 1 is 1.06 bits per heavy atom. The van der Waals surface area contributed by atoms with Gasteiger partial charge in [0.2, 0.25) is 0 Å². The van der Waals surface area contributed by atoms with Crippen LogP contribution >= 0.6 is 11.8 Å². The number of halogens is 1. The maximum Gasteiger partial charge on any atom is 0.267 e. The molecule has 1 heterocycles. The summed E-state index contributed by atoms with van der Waals surface area (Å²) in [5.41, 5.74) is 0.921. The first kappa shape index (κ1) is 24.9. The molecule has 2 N–H and O–H groups in total. The molecule has 34 heavy (non-hydrogen) atoms. The van der Waals surface area contributed by atoms with E-state index in [4.69, 9.17) is 13.9 Å². The highest BCUT2D eigenvalue weighted by atomic mass is 32.2. The molecule has 0 spiro atoms. The van der Waals surface area contributed by atoms with Crippen LogP contribution in [0.4, 0.5) is 4.39 Å². The molecule has 2 aromatic carbocycles. The van der Waals surface area contributed by atoms with E-state index in [0.29, 0.717) is 40.9 Å². The van der Waals surface area contributed by atoms with Gasteiger partial charge in [-0.1, -0.05) is 18.2 Å². The molecule has 0 aliphatic carbocycles. The Kier molecular flexibility index (Phi) is 9.16. The molecule has 0 aliphatic heterocycles. The molecular weight excluding hydrogens is 459 g/mol. The number of hydrogen-bond acceptors (Lipinski definition) is 6. The summed E-state index contributed by atoms with van der Waals surface area (Å²) in [6.45, 7) is 0.333. The minimum Gasteiger partial charge on any atom is -0.493 e. The number of hydrogen-bond donors (Lipinski definition) is 2. The Morgan fingerprint density at radius 3 is 2.56 bits per heavy atom. The second kappa shape index (κ2) is 12.5. The van der Waals surface area contributed by atoms with Crippen LogP contribution in [0.15, 0.2) is 71.0 Å². The van der Waals surface area contributed by atoms with Crippen molar-refractivity contribution in [1.29, 1.82) is 0 Å². The maximum absolute atomic E-state index is 13.7. The van der Waals surface area contributed by atoms with Crippen molar-refractivity contribution in [2.45, 2.75) is 5.75 Å². The highest BCUT2D eigenvalue weighted by Gasteiger charge is 2.17. The number of rotatable bonds is 11. The van der Waals surface area contributed by atoms with Crippen LogP contribution in [0.5, 0.6) is 11.5 Å². The Labute approximate surface area is 201 Å². The largest absolute Gasteiger partial charge is 0.493 e. The number of carbonyl (C=O) groups is 2. The van der Waals surface area contributed by atoms with Gasteiger partial charge in [-0.25, -0.2) is 4.39 Å². The number of benzene rings is 2. The van der Waals surface area contributed by atoms with Crippen LogP contribution in [0.2, 0.25) is 0 Å². The van der Waals surface area contributed by atoms with Gasteiger partial charge in [0, 0.05) is 29.7 Å². The van der Waals surface area contributed by atoms with Gasteiger partial charge in [0.1, 0.15) is 17.3 Å².